The van der Waals surface area contributed by atoms with Crippen LogP contribution in [0.15, 0.2) is 24.3 Å². The molecule has 18 heavy (non-hydrogen) atoms. The largest absolute Gasteiger partial charge is 0.271 e. The molecule has 0 saturated heterocycles. The van der Waals surface area contributed by atoms with Crippen molar-refractivity contribution in [2.75, 3.05) is 0 Å². The van der Waals surface area contributed by atoms with Crippen molar-refractivity contribution in [1.29, 1.82) is 0 Å². The Balaban J connectivity index is 2.38. The van der Waals surface area contributed by atoms with Gasteiger partial charge in [0.15, 0.2) is 0 Å². The molecule has 0 aromatic heterocycles. The van der Waals surface area contributed by atoms with Gasteiger partial charge < -0.3 is 0 Å². The van der Waals surface area contributed by atoms with Crippen LogP contribution in [0.3, 0.4) is 0 Å². The third-order valence-corrected chi connectivity index (χ3v) is 3.51. The van der Waals surface area contributed by atoms with Gasteiger partial charge in [0.25, 0.3) is 11.8 Å². The Morgan fingerprint density at radius 3 is 1.94 bits per heavy atom. The predicted octanol–water partition coefficient (Wildman–Crippen LogP) is 3.11. The molecule has 0 bridgehead atoms. The SMILES string of the molecule is CCC[C@H](C(C)C)N1C(=O)c2ccccc2C1=O. The highest BCUT2D eigenvalue weighted by atomic mass is 16.2. The van der Waals surface area contributed by atoms with E-state index in [1.807, 2.05) is 0 Å². The van der Waals surface area contributed by atoms with Gasteiger partial charge >= 0.3 is 0 Å². The Labute approximate surface area is 108 Å². The minimum Gasteiger partial charge on any atom is -0.271 e. The van der Waals surface area contributed by atoms with Gasteiger partial charge in [0, 0.05) is 6.04 Å². The average molecular weight is 245 g/mol. The van der Waals surface area contributed by atoms with E-state index in [9.17, 15) is 9.59 Å². The minimum absolute atomic E-state index is 0.00222. The molecule has 96 valence electrons. The zero-order valence-corrected chi connectivity index (χ0v) is 11.1. The Morgan fingerprint density at radius 2 is 1.56 bits per heavy atom. The lowest BCUT2D eigenvalue weighted by Crippen LogP contribution is -2.42. The Morgan fingerprint density at radius 1 is 1.06 bits per heavy atom. The summed E-state index contributed by atoms with van der Waals surface area (Å²) in [5.74, 6) is 0.0117. The number of benzene rings is 1. The highest BCUT2D eigenvalue weighted by Crippen LogP contribution is 2.28. The van der Waals surface area contributed by atoms with E-state index in [4.69, 9.17) is 0 Å². The van der Waals surface area contributed by atoms with Gasteiger partial charge in [-0.2, -0.15) is 0 Å². The summed E-state index contributed by atoms with van der Waals surface area (Å²) in [7, 11) is 0. The molecule has 0 saturated carbocycles. The summed E-state index contributed by atoms with van der Waals surface area (Å²) >= 11 is 0. The fourth-order valence-electron chi connectivity index (χ4n) is 2.57. The summed E-state index contributed by atoms with van der Waals surface area (Å²) in [5.41, 5.74) is 1.09. The van der Waals surface area contributed by atoms with Gasteiger partial charge in [-0.05, 0) is 24.5 Å². The molecule has 1 heterocycles. The summed E-state index contributed by atoms with van der Waals surface area (Å²) in [4.78, 5) is 26.1. The molecule has 3 nitrogen and oxygen atoms in total. The van der Waals surface area contributed by atoms with E-state index in [-0.39, 0.29) is 23.8 Å². The highest BCUT2D eigenvalue weighted by molar-refractivity contribution is 6.21. The van der Waals surface area contributed by atoms with Gasteiger partial charge in [0.2, 0.25) is 0 Å². The average Bonchev–Trinajstić information content (AvgIpc) is 2.60. The number of hydrogen-bond donors (Lipinski definition) is 0. The van der Waals surface area contributed by atoms with E-state index in [0.717, 1.165) is 12.8 Å². The first-order valence-electron chi connectivity index (χ1n) is 6.54. The molecule has 1 aromatic carbocycles. The molecule has 1 aromatic rings. The summed E-state index contributed by atoms with van der Waals surface area (Å²) in [6.45, 7) is 6.20. The molecule has 2 rings (SSSR count). The van der Waals surface area contributed by atoms with Crippen molar-refractivity contribution in [3.05, 3.63) is 35.4 Å². The van der Waals surface area contributed by atoms with E-state index >= 15 is 0 Å². The maximum absolute atomic E-state index is 12.3. The van der Waals surface area contributed by atoms with E-state index in [2.05, 4.69) is 20.8 Å². The molecule has 0 radical (unpaired) electrons. The summed E-state index contributed by atoms with van der Waals surface area (Å²) in [6, 6.07) is 7.08. The van der Waals surface area contributed by atoms with Crippen LogP contribution in [-0.2, 0) is 0 Å². The molecule has 2 amide bonds. The Bertz CT molecular complexity index is 444. The molecule has 1 aliphatic heterocycles. The molecule has 1 aliphatic rings. The maximum Gasteiger partial charge on any atom is 0.261 e. The number of carbonyl (C=O) groups is 2. The molecule has 0 fully saturated rings. The monoisotopic (exact) mass is 245 g/mol. The number of nitrogens with zero attached hydrogens (tertiary/aromatic N) is 1. The van der Waals surface area contributed by atoms with Crippen LogP contribution < -0.4 is 0 Å². The molecule has 0 spiro atoms. The summed E-state index contributed by atoms with van der Waals surface area (Å²) < 4.78 is 0. The molecule has 3 heteroatoms. The number of rotatable bonds is 4. The van der Waals surface area contributed by atoms with Crippen molar-refractivity contribution < 1.29 is 9.59 Å². The van der Waals surface area contributed by atoms with E-state index in [1.165, 1.54) is 4.90 Å². The number of fused-ring (bicyclic) bond motifs is 1. The van der Waals surface area contributed by atoms with Gasteiger partial charge in [-0.15, -0.1) is 0 Å². The first-order chi connectivity index (χ1) is 8.57. The molecule has 0 N–H and O–H groups in total. The lowest BCUT2D eigenvalue weighted by atomic mass is 9.98. The third-order valence-electron chi connectivity index (χ3n) is 3.51. The van der Waals surface area contributed by atoms with Crippen LogP contribution in [0, 0.1) is 5.92 Å². The van der Waals surface area contributed by atoms with Gasteiger partial charge in [0.1, 0.15) is 0 Å². The third kappa shape index (κ3) is 1.94. The van der Waals surface area contributed by atoms with Crippen LogP contribution in [0.1, 0.15) is 54.3 Å². The van der Waals surface area contributed by atoms with Crippen molar-refractivity contribution in [1.82, 2.24) is 4.90 Å². The van der Waals surface area contributed by atoms with Gasteiger partial charge in [-0.1, -0.05) is 39.3 Å². The minimum atomic E-state index is -0.136. The number of carbonyl (C=O) groups excluding carboxylic acids is 2. The van der Waals surface area contributed by atoms with E-state index < -0.39 is 0 Å². The molecular weight excluding hydrogens is 226 g/mol. The van der Waals surface area contributed by atoms with Gasteiger partial charge in [-0.25, -0.2) is 0 Å². The van der Waals surface area contributed by atoms with Crippen LogP contribution in [-0.4, -0.2) is 22.8 Å². The van der Waals surface area contributed by atoms with Gasteiger partial charge in [0.05, 0.1) is 11.1 Å². The van der Waals surface area contributed by atoms with Crippen LogP contribution in [0.25, 0.3) is 0 Å². The van der Waals surface area contributed by atoms with E-state index in [1.54, 1.807) is 24.3 Å². The fraction of sp³-hybridized carbons (Fsp3) is 0.467. The second-order valence-corrected chi connectivity index (χ2v) is 5.13. The molecule has 1 atom stereocenters. The summed E-state index contributed by atoms with van der Waals surface area (Å²) in [5, 5.41) is 0. The Hall–Kier alpha value is -1.64. The second-order valence-electron chi connectivity index (χ2n) is 5.13. The van der Waals surface area contributed by atoms with Crippen molar-refractivity contribution in [2.24, 2.45) is 5.92 Å². The fourth-order valence-corrected chi connectivity index (χ4v) is 2.57. The van der Waals surface area contributed by atoms with Gasteiger partial charge in [-0.3, -0.25) is 14.5 Å². The Kier molecular flexibility index (Phi) is 3.50. The zero-order valence-electron chi connectivity index (χ0n) is 11.1. The number of imide groups is 1. The second kappa shape index (κ2) is 4.92. The quantitative estimate of drug-likeness (QED) is 0.764. The number of amides is 2. The summed E-state index contributed by atoms with van der Waals surface area (Å²) in [6.07, 6.45) is 1.83. The lowest BCUT2D eigenvalue weighted by Gasteiger charge is -2.29. The normalized spacial score (nSPS) is 16.3. The maximum atomic E-state index is 12.3. The van der Waals surface area contributed by atoms with Crippen LogP contribution in [0.2, 0.25) is 0 Å². The van der Waals surface area contributed by atoms with Crippen molar-refractivity contribution in [3.63, 3.8) is 0 Å². The smallest absolute Gasteiger partial charge is 0.261 e. The topological polar surface area (TPSA) is 37.4 Å². The predicted molar refractivity (Wildman–Crippen MR) is 70.5 cm³/mol. The standard InChI is InChI=1S/C15H19NO2/c1-4-7-13(10(2)3)16-14(17)11-8-5-6-9-12(11)15(16)18/h5-6,8-10,13H,4,7H2,1-3H3/t13-/m1/s1. The molecular formula is C15H19NO2. The van der Waals surface area contributed by atoms with Crippen molar-refractivity contribution in [3.8, 4) is 0 Å². The van der Waals surface area contributed by atoms with Crippen LogP contribution in [0.5, 0.6) is 0 Å². The highest BCUT2D eigenvalue weighted by Gasteiger charge is 2.40. The van der Waals surface area contributed by atoms with Crippen molar-refractivity contribution in [2.45, 2.75) is 39.7 Å². The first-order valence-corrected chi connectivity index (χ1v) is 6.54. The number of hydrogen-bond acceptors (Lipinski definition) is 2. The molecule has 0 unspecified atom stereocenters. The lowest BCUT2D eigenvalue weighted by molar-refractivity contribution is 0.0530. The van der Waals surface area contributed by atoms with Crippen molar-refractivity contribution >= 4 is 11.8 Å². The zero-order chi connectivity index (χ0) is 13.3. The van der Waals surface area contributed by atoms with E-state index in [0.29, 0.717) is 11.1 Å². The molecule has 0 aliphatic carbocycles. The van der Waals surface area contributed by atoms with Crippen LogP contribution >= 0.6 is 0 Å². The van der Waals surface area contributed by atoms with Crippen LogP contribution in [0.4, 0.5) is 0 Å². The first kappa shape index (κ1) is 12.8.